The number of ether oxygens (including phenoxy) is 5. The van der Waals surface area contributed by atoms with Crippen molar-refractivity contribution in [3.63, 3.8) is 0 Å². The van der Waals surface area contributed by atoms with Crippen molar-refractivity contribution in [2.24, 2.45) is 0 Å². The average molecular weight is 713 g/mol. The van der Waals surface area contributed by atoms with Crippen molar-refractivity contribution in [2.75, 3.05) is 65.6 Å². The molecule has 0 spiro atoms. The van der Waals surface area contributed by atoms with Crippen LogP contribution in [0.15, 0.2) is 36.4 Å². The lowest BCUT2D eigenvalue weighted by atomic mass is 10.1. The Bertz CT molecular complexity index is 1410. The molecule has 0 unspecified atom stereocenters. The number of benzene rings is 2. The molecule has 0 bridgehead atoms. The number of carbonyl (C=O) groups excluding carboxylic acids is 3. The standard InChI is InChI=1S/C22H34N2O5.C17H26N2O3/c1-17-7-8-18(19(13-17)27-15-22(5,6)28-16-25)14-23-9-11-24(12-10-23)20(26)29-21(2,3)4;1-14-4-5-15(11-19-8-6-18-7-9-19)16(10-14)21-12-17(2,3)22-13-20/h7-8,13,16H,9-12,14-15H2,1-6H3;4-5,10,13,18H,6-9,11-12H2,1-3H3. The van der Waals surface area contributed by atoms with Crippen LogP contribution in [-0.4, -0.2) is 116 Å². The lowest BCUT2D eigenvalue weighted by molar-refractivity contribution is -0.143. The quantitative estimate of drug-likeness (QED) is 0.208. The Hall–Kier alpha value is -3.87. The molecule has 2 fully saturated rings. The number of amides is 1. The molecule has 0 aliphatic carbocycles. The molecule has 2 saturated heterocycles. The van der Waals surface area contributed by atoms with Gasteiger partial charge in [0.1, 0.15) is 41.5 Å². The van der Waals surface area contributed by atoms with E-state index in [0.717, 1.165) is 80.5 Å². The largest absolute Gasteiger partial charge is 0.489 e. The molecule has 4 rings (SSSR count). The number of piperazine rings is 2. The van der Waals surface area contributed by atoms with E-state index in [4.69, 9.17) is 23.7 Å². The molecular weight excluding hydrogens is 652 g/mol. The van der Waals surface area contributed by atoms with Crippen LogP contribution in [0.2, 0.25) is 0 Å². The Morgan fingerprint density at radius 3 is 1.53 bits per heavy atom. The summed E-state index contributed by atoms with van der Waals surface area (Å²) in [6.07, 6.45) is -0.256. The molecule has 12 nitrogen and oxygen atoms in total. The highest BCUT2D eigenvalue weighted by molar-refractivity contribution is 5.68. The first-order valence-electron chi connectivity index (χ1n) is 17.8. The normalized spacial score (nSPS) is 16.0. The van der Waals surface area contributed by atoms with Crippen LogP contribution in [0.4, 0.5) is 4.79 Å². The van der Waals surface area contributed by atoms with Crippen molar-refractivity contribution in [1.29, 1.82) is 0 Å². The molecule has 12 heteroatoms. The van der Waals surface area contributed by atoms with Crippen molar-refractivity contribution in [3.8, 4) is 11.5 Å². The lowest BCUT2D eigenvalue weighted by Gasteiger charge is -2.35. The Labute approximate surface area is 304 Å². The minimum atomic E-state index is -0.693. The Morgan fingerprint density at radius 2 is 1.12 bits per heavy atom. The second-order valence-corrected chi connectivity index (χ2v) is 15.5. The van der Waals surface area contributed by atoms with E-state index in [9.17, 15) is 14.4 Å². The molecule has 0 radical (unpaired) electrons. The maximum absolute atomic E-state index is 12.2. The Balaban J connectivity index is 0.000000286. The lowest BCUT2D eigenvalue weighted by Crippen LogP contribution is -2.49. The second kappa shape index (κ2) is 19.1. The highest BCUT2D eigenvalue weighted by atomic mass is 16.6. The number of aryl methyl sites for hydroxylation is 2. The summed E-state index contributed by atoms with van der Waals surface area (Å²) in [7, 11) is 0. The van der Waals surface area contributed by atoms with E-state index in [0.29, 0.717) is 32.6 Å². The highest BCUT2D eigenvalue weighted by Gasteiger charge is 2.27. The summed E-state index contributed by atoms with van der Waals surface area (Å²) in [4.78, 5) is 39.9. The van der Waals surface area contributed by atoms with Crippen LogP contribution in [-0.2, 0) is 36.9 Å². The first-order chi connectivity index (χ1) is 24.0. The van der Waals surface area contributed by atoms with Gasteiger partial charge in [0.2, 0.25) is 0 Å². The number of rotatable bonds is 14. The SMILES string of the molecule is Cc1ccc(CN2CCN(C(=O)OC(C)(C)C)CC2)c(OCC(C)(C)OC=O)c1.Cc1ccc(CN2CCNCC2)c(OCC(C)(C)OC=O)c1. The zero-order chi connectivity index (χ0) is 37.7. The van der Waals surface area contributed by atoms with Crippen LogP contribution in [0, 0.1) is 13.8 Å². The van der Waals surface area contributed by atoms with Crippen LogP contribution < -0.4 is 14.8 Å². The molecule has 2 aliphatic rings. The van der Waals surface area contributed by atoms with E-state index in [1.54, 1.807) is 4.90 Å². The predicted molar refractivity (Wildman–Crippen MR) is 197 cm³/mol. The molecule has 2 heterocycles. The molecule has 0 saturated carbocycles. The topological polar surface area (TPSA) is 119 Å². The number of carbonyl (C=O) groups is 3. The van der Waals surface area contributed by atoms with Crippen molar-refractivity contribution in [2.45, 2.75) is 92.2 Å². The fourth-order valence-electron chi connectivity index (χ4n) is 5.45. The van der Waals surface area contributed by atoms with Gasteiger partial charge >= 0.3 is 6.09 Å². The molecule has 2 aromatic carbocycles. The fourth-order valence-corrected chi connectivity index (χ4v) is 5.45. The second-order valence-electron chi connectivity index (χ2n) is 15.5. The van der Waals surface area contributed by atoms with Crippen LogP contribution in [0.1, 0.15) is 70.7 Å². The van der Waals surface area contributed by atoms with Gasteiger partial charge in [-0.1, -0.05) is 24.3 Å². The molecule has 51 heavy (non-hydrogen) atoms. The molecule has 2 aromatic rings. The average Bonchev–Trinajstić information content (AvgIpc) is 3.05. The fraction of sp³-hybridized carbons (Fsp3) is 0.615. The number of hydrogen-bond donors (Lipinski definition) is 1. The summed E-state index contributed by atoms with van der Waals surface area (Å²) in [6, 6.07) is 12.4. The van der Waals surface area contributed by atoms with Gasteiger partial charge in [0.25, 0.3) is 12.9 Å². The summed E-state index contributed by atoms with van der Waals surface area (Å²) < 4.78 is 27.5. The highest BCUT2D eigenvalue weighted by Crippen LogP contribution is 2.26. The van der Waals surface area contributed by atoms with Crippen LogP contribution in [0.25, 0.3) is 0 Å². The van der Waals surface area contributed by atoms with E-state index in [1.165, 1.54) is 5.56 Å². The van der Waals surface area contributed by atoms with Crippen LogP contribution in [0.3, 0.4) is 0 Å². The molecular formula is C39H60N4O8. The monoisotopic (exact) mass is 712 g/mol. The van der Waals surface area contributed by atoms with Gasteiger partial charge in [-0.2, -0.15) is 0 Å². The third kappa shape index (κ3) is 15.1. The van der Waals surface area contributed by atoms with Gasteiger partial charge in [-0.3, -0.25) is 19.4 Å². The van der Waals surface area contributed by atoms with E-state index in [-0.39, 0.29) is 12.7 Å². The first kappa shape index (κ1) is 41.5. The van der Waals surface area contributed by atoms with E-state index >= 15 is 0 Å². The van der Waals surface area contributed by atoms with E-state index < -0.39 is 16.8 Å². The molecule has 2 aliphatic heterocycles. The van der Waals surface area contributed by atoms with Crippen LogP contribution >= 0.6 is 0 Å². The van der Waals surface area contributed by atoms with E-state index in [1.807, 2.05) is 61.5 Å². The molecule has 1 N–H and O–H groups in total. The minimum Gasteiger partial charge on any atom is -0.489 e. The predicted octanol–water partition coefficient (Wildman–Crippen LogP) is 5.11. The third-order valence-corrected chi connectivity index (χ3v) is 8.35. The van der Waals surface area contributed by atoms with E-state index in [2.05, 4.69) is 52.4 Å². The van der Waals surface area contributed by atoms with Gasteiger partial charge in [0.05, 0.1) is 0 Å². The smallest absolute Gasteiger partial charge is 0.410 e. The Morgan fingerprint density at radius 1 is 0.686 bits per heavy atom. The summed E-state index contributed by atoms with van der Waals surface area (Å²) in [6.45, 7) is 27.1. The third-order valence-electron chi connectivity index (χ3n) is 8.35. The van der Waals surface area contributed by atoms with Crippen molar-refractivity contribution in [1.82, 2.24) is 20.0 Å². The molecule has 0 aromatic heterocycles. The Kier molecular flexibility index (Phi) is 15.6. The summed E-state index contributed by atoms with van der Waals surface area (Å²) in [5, 5.41) is 3.36. The maximum atomic E-state index is 12.2. The molecule has 0 atom stereocenters. The van der Waals surface area contributed by atoms with Gasteiger partial charge in [-0.15, -0.1) is 0 Å². The van der Waals surface area contributed by atoms with Crippen molar-refractivity contribution >= 4 is 19.0 Å². The summed E-state index contributed by atoms with van der Waals surface area (Å²) >= 11 is 0. The number of hydrogen-bond acceptors (Lipinski definition) is 11. The number of nitrogens with one attached hydrogen (secondary N) is 1. The van der Waals surface area contributed by atoms with Gasteiger partial charge in [-0.05, 0) is 85.6 Å². The minimum absolute atomic E-state index is 0.256. The van der Waals surface area contributed by atoms with Gasteiger partial charge in [0, 0.05) is 76.6 Å². The zero-order valence-electron chi connectivity index (χ0n) is 32.2. The van der Waals surface area contributed by atoms with Crippen LogP contribution in [0.5, 0.6) is 11.5 Å². The summed E-state index contributed by atoms with van der Waals surface area (Å²) in [5.41, 5.74) is 2.71. The van der Waals surface area contributed by atoms with Gasteiger partial charge < -0.3 is 33.9 Å². The summed E-state index contributed by atoms with van der Waals surface area (Å²) in [5.74, 6) is 1.67. The number of nitrogens with zero attached hydrogens (tertiary/aromatic N) is 3. The van der Waals surface area contributed by atoms with Crippen molar-refractivity contribution < 1.29 is 38.1 Å². The van der Waals surface area contributed by atoms with Gasteiger partial charge in [-0.25, -0.2) is 4.79 Å². The maximum Gasteiger partial charge on any atom is 0.410 e. The zero-order valence-corrected chi connectivity index (χ0v) is 32.2. The molecule has 284 valence electrons. The molecule has 1 amide bonds. The first-order valence-corrected chi connectivity index (χ1v) is 17.8. The van der Waals surface area contributed by atoms with Crippen molar-refractivity contribution in [3.05, 3.63) is 58.7 Å². The van der Waals surface area contributed by atoms with Gasteiger partial charge in [0.15, 0.2) is 0 Å².